The number of aromatic hydroxyl groups is 1. The van der Waals surface area contributed by atoms with Crippen molar-refractivity contribution in [1.82, 2.24) is 5.32 Å². The van der Waals surface area contributed by atoms with E-state index in [0.717, 1.165) is 25.1 Å². The van der Waals surface area contributed by atoms with Gasteiger partial charge in [-0.05, 0) is 30.7 Å². The molecule has 2 N–H and O–H groups in total. The van der Waals surface area contributed by atoms with Crippen LogP contribution in [0.1, 0.15) is 18.9 Å². The maximum Gasteiger partial charge on any atom is 0.144 e. The van der Waals surface area contributed by atoms with Gasteiger partial charge in [-0.1, -0.05) is 19.1 Å². The summed E-state index contributed by atoms with van der Waals surface area (Å²) >= 11 is 0. The quantitative estimate of drug-likeness (QED) is 0.810. The van der Waals surface area contributed by atoms with E-state index in [-0.39, 0.29) is 16.9 Å². The molecule has 0 spiro atoms. The Balaban J connectivity index is 2.07. The highest BCUT2D eigenvalue weighted by Gasteiger charge is 2.35. The number of hydrogen-bond donors (Lipinski definition) is 2. The van der Waals surface area contributed by atoms with E-state index in [1.807, 2.05) is 13.0 Å². The molecular weight excluding hydrogens is 202 g/mol. The molecule has 1 aliphatic rings. The summed E-state index contributed by atoms with van der Waals surface area (Å²) in [6.07, 6.45) is 1.32. The summed E-state index contributed by atoms with van der Waals surface area (Å²) in [6.45, 7) is 3.70. The van der Waals surface area contributed by atoms with Crippen LogP contribution in [-0.4, -0.2) is 24.0 Å². The summed E-state index contributed by atoms with van der Waals surface area (Å²) in [5.74, 6) is 0.475. The Morgan fingerprint density at radius 3 is 3.00 bits per heavy atom. The van der Waals surface area contributed by atoms with Gasteiger partial charge < -0.3 is 10.4 Å². The molecule has 0 saturated carbocycles. The van der Waals surface area contributed by atoms with Crippen LogP contribution >= 0.6 is 0 Å². The zero-order chi connectivity index (χ0) is 11.6. The molecule has 1 aromatic carbocycles. The van der Waals surface area contributed by atoms with Crippen LogP contribution in [0.4, 0.5) is 0 Å². The van der Waals surface area contributed by atoms with Crippen molar-refractivity contribution in [2.75, 3.05) is 13.1 Å². The molecule has 16 heavy (non-hydrogen) atoms. The maximum absolute atomic E-state index is 12.1. The molecule has 3 nitrogen and oxygen atoms in total. The van der Waals surface area contributed by atoms with Gasteiger partial charge in [-0.2, -0.15) is 0 Å². The van der Waals surface area contributed by atoms with E-state index in [1.165, 1.54) is 0 Å². The summed E-state index contributed by atoms with van der Waals surface area (Å²) in [5.41, 5.74) is 0.656. The van der Waals surface area contributed by atoms with Crippen LogP contribution in [0.2, 0.25) is 0 Å². The van der Waals surface area contributed by atoms with Crippen molar-refractivity contribution in [2.45, 2.75) is 19.8 Å². The Morgan fingerprint density at radius 2 is 2.38 bits per heavy atom. The van der Waals surface area contributed by atoms with E-state index >= 15 is 0 Å². The van der Waals surface area contributed by atoms with Crippen molar-refractivity contribution in [3.8, 4) is 5.75 Å². The number of rotatable bonds is 3. The number of ketones is 1. The Labute approximate surface area is 95.5 Å². The van der Waals surface area contributed by atoms with Gasteiger partial charge >= 0.3 is 0 Å². The van der Waals surface area contributed by atoms with Crippen LogP contribution in [0.3, 0.4) is 0 Å². The fraction of sp³-hybridized carbons (Fsp3) is 0.462. The zero-order valence-corrected chi connectivity index (χ0v) is 9.49. The SMILES string of the molecule is CC1(C(=O)Cc2cccc(O)c2)CCNC1. The third-order valence-corrected chi connectivity index (χ3v) is 3.32. The zero-order valence-electron chi connectivity index (χ0n) is 9.49. The minimum absolute atomic E-state index is 0.222. The number of phenols is 1. The Bertz CT molecular complexity index is 395. The molecule has 0 aromatic heterocycles. The third kappa shape index (κ3) is 2.25. The molecule has 1 heterocycles. The second-order valence-electron chi connectivity index (χ2n) is 4.76. The highest BCUT2D eigenvalue weighted by atomic mass is 16.3. The van der Waals surface area contributed by atoms with Crippen LogP contribution < -0.4 is 5.32 Å². The van der Waals surface area contributed by atoms with E-state index in [9.17, 15) is 9.90 Å². The molecule has 1 aromatic rings. The molecule has 0 aliphatic carbocycles. The van der Waals surface area contributed by atoms with E-state index in [2.05, 4.69) is 5.32 Å². The van der Waals surface area contributed by atoms with Crippen molar-refractivity contribution in [3.05, 3.63) is 29.8 Å². The van der Waals surface area contributed by atoms with Crippen LogP contribution in [0, 0.1) is 5.41 Å². The summed E-state index contributed by atoms with van der Waals surface area (Å²) in [6, 6.07) is 6.92. The van der Waals surface area contributed by atoms with Gasteiger partial charge in [-0.25, -0.2) is 0 Å². The summed E-state index contributed by atoms with van der Waals surface area (Å²) < 4.78 is 0. The van der Waals surface area contributed by atoms with Gasteiger partial charge in [0.2, 0.25) is 0 Å². The largest absolute Gasteiger partial charge is 0.508 e. The summed E-state index contributed by atoms with van der Waals surface area (Å²) in [7, 11) is 0. The number of carbonyl (C=O) groups excluding carboxylic acids is 1. The van der Waals surface area contributed by atoms with Gasteiger partial charge in [0, 0.05) is 18.4 Å². The molecule has 2 rings (SSSR count). The molecule has 1 fully saturated rings. The van der Waals surface area contributed by atoms with Crippen LogP contribution in [0.15, 0.2) is 24.3 Å². The monoisotopic (exact) mass is 219 g/mol. The lowest BCUT2D eigenvalue weighted by Crippen LogP contribution is -2.31. The van der Waals surface area contributed by atoms with E-state index in [1.54, 1.807) is 18.2 Å². The number of Topliss-reactive ketones (excluding diaryl/α,β-unsaturated/α-hetero) is 1. The van der Waals surface area contributed by atoms with Crippen molar-refractivity contribution >= 4 is 5.78 Å². The number of hydrogen-bond acceptors (Lipinski definition) is 3. The van der Waals surface area contributed by atoms with Crippen molar-refractivity contribution in [1.29, 1.82) is 0 Å². The Morgan fingerprint density at radius 1 is 1.56 bits per heavy atom. The van der Waals surface area contributed by atoms with Gasteiger partial charge in [-0.3, -0.25) is 4.79 Å². The third-order valence-electron chi connectivity index (χ3n) is 3.32. The van der Waals surface area contributed by atoms with E-state index in [4.69, 9.17) is 0 Å². The minimum atomic E-state index is -0.231. The first-order chi connectivity index (χ1) is 7.60. The molecule has 1 unspecified atom stereocenters. The number of benzene rings is 1. The topological polar surface area (TPSA) is 49.3 Å². The molecular formula is C13H17NO2. The van der Waals surface area contributed by atoms with Gasteiger partial charge in [0.1, 0.15) is 11.5 Å². The second kappa shape index (κ2) is 4.26. The first-order valence-corrected chi connectivity index (χ1v) is 5.62. The average Bonchev–Trinajstić information content (AvgIpc) is 2.66. The van der Waals surface area contributed by atoms with E-state index < -0.39 is 0 Å². The van der Waals surface area contributed by atoms with Crippen LogP contribution in [0.25, 0.3) is 0 Å². The molecule has 0 radical (unpaired) electrons. The standard InChI is InChI=1S/C13H17NO2/c1-13(5-6-14-9-13)12(16)8-10-3-2-4-11(15)7-10/h2-4,7,14-15H,5-6,8-9H2,1H3. The predicted octanol–water partition coefficient (Wildman–Crippen LogP) is 1.50. The van der Waals surface area contributed by atoms with Crippen molar-refractivity contribution in [2.24, 2.45) is 5.41 Å². The Kier molecular flexibility index (Phi) is 2.97. The van der Waals surface area contributed by atoms with Gasteiger partial charge in [-0.15, -0.1) is 0 Å². The molecule has 0 amide bonds. The van der Waals surface area contributed by atoms with Crippen molar-refractivity contribution in [3.63, 3.8) is 0 Å². The highest BCUT2D eigenvalue weighted by Crippen LogP contribution is 2.27. The second-order valence-corrected chi connectivity index (χ2v) is 4.76. The smallest absolute Gasteiger partial charge is 0.144 e. The van der Waals surface area contributed by atoms with Gasteiger partial charge in [0.15, 0.2) is 0 Å². The predicted molar refractivity (Wildman–Crippen MR) is 62.4 cm³/mol. The Hall–Kier alpha value is -1.35. The number of carbonyl (C=O) groups is 1. The molecule has 0 bridgehead atoms. The van der Waals surface area contributed by atoms with Crippen LogP contribution in [0.5, 0.6) is 5.75 Å². The number of phenolic OH excluding ortho intramolecular Hbond substituents is 1. The van der Waals surface area contributed by atoms with Crippen LogP contribution in [-0.2, 0) is 11.2 Å². The minimum Gasteiger partial charge on any atom is -0.508 e. The molecule has 3 heteroatoms. The summed E-state index contributed by atoms with van der Waals surface area (Å²) in [4.78, 5) is 12.1. The van der Waals surface area contributed by atoms with Gasteiger partial charge in [0.05, 0.1) is 0 Å². The molecule has 1 atom stereocenters. The lowest BCUT2D eigenvalue weighted by molar-refractivity contribution is -0.126. The van der Waals surface area contributed by atoms with Gasteiger partial charge in [0.25, 0.3) is 0 Å². The normalized spacial score (nSPS) is 24.6. The molecule has 1 aliphatic heterocycles. The first-order valence-electron chi connectivity index (χ1n) is 5.62. The number of nitrogens with one attached hydrogen (secondary N) is 1. The maximum atomic E-state index is 12.1. The fourth-order valence-electron chi connectivity index (χ4n) is 2.12. The highest BCUT2D eigenvalue weighted by molar-refractivity contribution is 5.87. The first kappa shape index (κ1) is 11.1. The lowest BCUT2D eigenvalue weighted by atomic mass is 9.82. The lowest BCUT2D eigenvalue weighted by Gasteiger charge is -2.20. The van der Waals surface area contributed by atoms with E-state index in [0.29, 0.717) is 6.42 Å². The van der Waals surface area contributed by atoms with Crippen molar-refractivity contribution < 1.29 is 9.90 Å². The molecule has 1 saturated heterocycles. The fourth-order valence-corrected chi connectivity index (χ4v) is 2.12. The summed E-state index contributed by atoms with van der Waals surface area (Å²) in [5, 5.41) is 12.6. The average molecular weight is 219 g/mol. The molecule has 86 valence electrons.